The summed E-state index contributed by atoms with van der Waals surface area (Å²) in [5.41, 5.74) is 1.11. The van der Waals surface area contributed by atoms with Crippen molar-refractivity contribution < 1.29 is 9.18 Å². The van der Waals surface area contributed by atoms with E-state index in [2.05, 4.69) is 17.1 Å². The SMILES string of the molecule is Cc1ccc(NC(=O)CN2CCC[C@H](C)C2)c(F)c1. The third kappa shape index (κ3) is 4.03. The van der Waals surface area contributed by atoms with E-state index < -0.39 is 0 Å². The van der Waals surface area contributed by atoms with Gasteiger partial charge in [0.2, 0.25) is 5.91 Å². The van der Waals surface area contributed by atoms with Gasteiger partial charge in [-0.2, -0.15) is 0 Å². The molecule has 1 aliphatic heterocycles. The summed E-state index contributed by atoms with van der Waals surface area (Å²) in [4.78, 5) is 14.0. The summed E-state index contributed by atoms with van der Waals surface area (Å²) in [6, 6.07) is 4.83. The average Bonchev–Trinajstić information content (AvgIpc) is 2.33. The van der Waals surface area contributed by atoms with Gasteiger partial charge in [-0.05, 0) is 49.9 Å². The standard InChI is InChI=1S/C15H21FN2O/c1-11-5-6-14(13(16)8-11)17-15(19)10-18-7-3-4-12(2)9-18/h5-6,8,12H,3-4,7,9-10H2,1-2H3,(H,17,19)/t12-/m0/s1. The Hall–Kier alpha value is -1.42. The van der Waals surface area contributed by atoms with Crippen molar-refractivity contribution in [2.45, 2.75) is 26.7 Å². The van der Waals surface area contributed by atoms with Gasteiger partial charge in [0, 0.05) is 6.54 Å². The molecule has 0 spiro atoms. The summed E-state index contributed by atoms with van der Waals surface area (Å²) in [6.07, 6.45) is 2.36. The molecule has 0 radical (unpaired) electrons. The summed E-state index contributed by atoms with van der Waals surface area (Å²) in [6.45, 7) is 6.27. The van der Waals surface area contributed by atoms with E-state index in [1.54, 1.807) is 12.1 Å². The number of likely N-dealkylation sites (tertiary alicyclic amines) is 1. The number of halogens is 1. The van der Waals surface area contributed by atoms with Gasteiger partial charge in [-0.15, -0.1) is 0 Å². The van der Waals surface area contributed by atoms with Crippen LogP contribution in [0.1, 0.15) is 25.3 Å². The van der Waals surface area contributed by atoms with Gasteiger partial charge in [-0.25, -0.2) is 4.39 Å². The molecule has 1 amide bonds. The van der Waals surface area contributed by atoms with Crippen molar-refractivity contribution in [3.63, 3.8) is 0 Å². The van der Waals surface area contributed by atoms with Gasteiger partial charge in [0.1, 0.15) is 5.82 Å². The minimum absolute atomic E-state index is 0.142. The largest absolute Gasteiger partial charge is 0.322 e. The molecule has 1 aromatic rings. The topological polar surface area (TPSA) is 32.3 Å². The van der Waals surface area contributed by atoms with Crippen molar-refractivity contribution in [2.75, 3.05) is 25.0 Å². The van der Waals surface area contributed by atoms with E-state index in [0.717, 1.165) is 25.1 Å². The van der Waals surface area contributed by atoms with Crippen LogP contribution in [0, 0.1) is 18.7 Å². The predicted octanol–water partition coefficient (Wildman–Crippen LogP) is 2.80. The van der Waals surface area contributed by atoms with Crippen molar-refractivity contribution in [2.24, 2.45) is 5.92 Å². The number of amides is 1. The number of hydrogen-bond acceptors (Lipinski definition) is 2. The molecule has 1 aliphatic rings. The summed E-state index contributed by atoms with van der Waals surface area (Å²) in [5, 5.41) is 2.64. The highest BCUT2D eigenvalue weighted by molar-refractivity contribution is 5.92. The van der Waals surface area contributed by atoms with E-state index >= 15 is 0 Å². The Morgan fingerprint density at radius 1 is 1.53 bits per heavy atom. The fraction of sp³-hybridized carbons (Fsp3) is 0.533. The van der Waals surface area contributed by atoms with Gasteiger partial charge in [-0.3, -0.25) is 9.69 Å². The van der Waals surface area contributed by atoms with E-state index in [4.69, 9.17) is 0 Å². The predicted molar refractivity (Wildman–Crippen MR) is 74.6 cm³/mol. The molecule has 1 fully saturated rings. The molecule has 1 N–H and O–H groups in total. The van der Waals surface area contributed by atoms with Crippen LogP contribution in [0.5, 0.6) is 0 Å². The highest BCUT2D eigenvalue weighted by Gasteiger charge is 2.18. The molecule has 3 nitrogen and oxygen atoms in total. The van der Waals surface area contributed by atoms with Gasteiger partial charge in [0.25, 0.3) is 0 Å². The molecule has 19 heavy (non-hydrogen) atoms. The molecule has 1 aromatic carbocycles. The Balaban J connectivity index is 1.90. The Bertz CT molecular complexity index is 461. The lowest BCUT2D eigenvalue weighted by molar-refractivity contribution is -0.117. The third-order valence-electron chi connectivity index (χ3n) is 3.51. The van der Waals surface area contributed by atoms with Gasteiger partial charge in [0.15, 0.2) is 0 Å². The zero-order valence-corrected chi connectivity index (χ0v) is 11.6. The molecule has 2 rings (SSSR count). The molecule has 0 aromatic heterocycles. The fourth-order valence-electron chi connectivity index (χ4n) is 2.54. The Morgan fingerprint density at radius 2 is 2.32 bits per heavy atom. The monoisotopic (exact) mass is 264 g/mol. The number of aryl methyl sites for hydroxylation is 1. The smallest absolute Gasteiger partial charge is 0.238 e. The Labute approximate surface area is 113 Å². The number of carbonyl (C=O) groups is 1. The Kier molecular flexibility index (Phi) is 4.53. The summed E-state index contributed by atoms with van der Waals surface area (Å²) in [7, 11) is 0. The molecular formula is C15H21FN2O. The minimum Gasteiger partial charge on any atom is -0.322 e. The lowest BCUT2D eigenvalue weighted by Crippen LogP contribution is -2.39. The normalized spacial score (nSPS) is 20.3. The number of nitrogens with one attached hydrogen (secondary N) is 1. The van der Waals surface area contributed by atoms with Crippen molar-refractivity contribution in [1.82, 2.24) is 4.90 Å². The fourth-order valence-corrected chi connectivity index (χ4v) is 2.54. The van der Waals surface area contributed by atoms with Crippen LogP contribution in [0.25, 0.3) is 0 Å². The van der Waals surface area contributed by atoms with Gasteiger partial charge in [0.05, 0.1) is 12.2 Å². The first kappa shape index (κ1) is 14.0. The van der Waals surface area contributed by atoms with Crippen LogP contribution in [-0.4, -0.2) is 30.4 Å². The molecular weight excluding hydrogens is 243 g/mol. The van der Waals surface area contributed by atoms with Crippen molar-refractivity contribution in [3.8, 4) is 0 Å². The minimum atomic E-state index is -0.375. The number of nitrogens with zero attached hydrogens (tertiary/aromatic N) is 1. The van der Waals surface area contributed by atoms with Crippen LogP contribution < -0.4 is 5.32 Å². The van der Waals surface area contributed by atoms with Crippen LogP contribution >= 0.6 is 0 Å². The van der Waals surface area contributed by atoms with Crippen LogP contribution in [0.15, 0.2) is 18.2 Å². The second-order valence-corrected chi connectivity index (χ2v) is 5.51. The number of piperidine rings is 1. The number of hydrogen-bond donors (Lipinski definition) is 1. The van der Waals surface area contributed by atoms with Crippen molar-refractivity contribution >= 4 is 11.6 Å². The molecule has 0 saturated carbocycles. The third-order valence-corrected chi connectivity index (χ3v) is 3.51. The first-order chi connectivity index (χ1) is 9.04. The van der Waals surface area contributed by atoms with Gasteiger partial charge in [-0.1, -0.05) is 13.0 Å². The highest BCUT2D eigenvalue weighted by atomic mass is 19.1. The number of anilines is 1. The van der Waals surface area contributed by atoms with E-state index in [9.17, 15) is 9.18 Å². The van der Waals surface area contributed by atoms with E-state index in [1.165, 1.54) is 12.5 Å². The van der Waals surface area contributed by atoms with Gasteiger partial charge >= 0.3 is 0 Å². The Morgan fingerprint density at radius 3 is 3.00 bits per heavy atom. The van der Waals surface area contributed by atoms with Gasteiger partial charge < -0.3 is 5.32 Å². The van der Waals surface area contributed by atoms with Crippen LogP contribution in [0.2, 0.25) is 0 Å². The van der Waals surface area contributed by atoms with E-state index in [1.807, 2.05) is 6.92 Å². The lowest BCUT2D eigenvalue weighted by Gasteiger charge is -2.30. The summed E-state index contributed by atoms with van der Waals surface area (Å²) in [5.74, 6) is 0.120. The zero-order valence-electron chi connectivity index (χ0n) is 11.6. The van der Waals surface area contributed by atoms with Crippen molar-refractivity contribution in [3.05, 3.63) is 29.6 Å². The van der Waals surface area contributed by atoms with E-state index in [0.29, 0.717) is 12.5 Å². The maximum atomic E-state index is 13.6. The van der Waals surface area contributed by atoms with E-state index in [-0.39, 0.29) is 17.4 Å². The molecule has 1 atom stereocenters. The maximum absolute atomic E-state index is 13.6. The molecule has 0 unspecified atom stereocenters. The molecule has 104 valence electrons. The lowest BCUT2D eigenvalue weighted by atomic mass is 10.0. The number of carbonyl (C=O) groups excluding carboxylic acids is 1. The number of rotatable bonds is 3. The van der Waals surface area contributed by atoms with Crippen LogP contribution in [-0.2, 0) is 4.79 Å². The molecule has 1 saturated heterocycles. The first-order valence-corrected chi connectivity index (χ1v) is 6.83. The highest BCUT2D eigenvalue weighted by Crippen LogP contribution is 2.17. The summed E-state index contributed by atoms with van der Waals surface area (Å²) < 4.78 is 13.6. The van der Waals surface area contributed by atoms with Crippen molar-refractivity contribution in [1.29, 1.82) is 0 Å². The quantitative estimate of drug-likeness (QED) is 0.910. The molecule has 0 aliphatic carbocycles. The number of benzene rings is 1. The second kappa shape index (κ2) is 6.15. The van der Waals surface area contributed by atoms with Crippen LogP contribution in [0.3, 0.4) is 0 Å². The summed E-state index contributed by atoms with van der Waals surface area (Å²) >= 11 is 0. The van der Waals surface area contributed by atoms with Crippen LogP contribution in [0.4, 0.5) is 10.1 Å². The maximum Gasteiger partial charge on any atom is 0.238 e. The second-order valence-electron chi connectivity index (χ2n) is 5.51. The molecule has 0 bridgehead atoms. The first-order valence-electron chi connectivity index (χ1n) is 6.83. The zero-order chi connectivity index (χ0) is 13.8. The molecule has 1 heterocycles. The molecule has 4 heteroatoms. The average molecular weight is 264 g/mol.